The standard InChI is InChI=1S/C15H19N3OS/c1-4-16-14(19)18-15-17-13(9-20-15)12-7-5-11(6-8-12)10(2)3/h5-10H,4H2,1-3H3,(H2,16,17,18,19). The maximum Gasteiger partial charge on any atom is 0.321 e. The van der Waals surface area contributed by atoms with Gasteiger partial charge in [0.1, 0.15) is 0 Å². The van der Waals surface area contributed by atoms with Gasteiger partial charge in [0, 0.05) is 17.5 Å². The number of benzene rings is 1. The highest BCUT2D eigenvalue weighted by Crippen LogP contribution is 2.26. The van der Waals surface area contributed by atoms with Crippen LogP contribution in [0.3, 0.4) is 0 Å². The van der Waals surface area contributed by atoms with E-state index < -0.39 is 0 Å². The topological polar surface area (TPSA) is 54.0 Å². The van der Waals surface area contributed by atoms with E-state index >= 15 is 0 Å². The largest absolute Gasteiger partial charge is 0.338 e. The Balaban J connectivity index is 2.10. The van der Waals surface area contributed by atoms with Crippen LogP contribution in [0.25, 0.3) is 11.3 Å². The molecule has 2 aromatic rings. The number of carbonyl (C=O) groups excluding carboxylic acids is 1. The number of nitrogens with zero attached hydrogens (tertiary/aromatic N) is 1. The fourth-order valence-electron chi connectivity index (χ4n) is 1.80. The van der Waals surface area contributed by atoms with Gasteiger partial charge in [-0.15, -0.1) is 11.3 Å². The van der Waals surface area contributed by atoms with Crippen LogP contribution in [0.1, 0.15) is 32.3 Å². The van der Waals surface area contributed by atoms with Gasteiger partial charge in [-0.05, 0) is 18.4 Å². The van der Waals surface area contributed by atoms with Crippen molar-refractivity contribution in [1.29, 1.82) is 0 Å². The number of thiazole rings is 1. The molecule has 4 nitrogen and oxygen atoms in total. The van der Waals surface area contributed by atoms with Crippen LogP contribution in [-0.4, -0.2) is 17.6 Å². The summed E-state index contributed by atoms with van der Waals surface area (Å²) < 4.78 is 0. The summed E-state index contributed by atoms with van der Waals surface area (Å²) >= 11 is 1.43. The van der Waals surface area contributed by atoms with Gasteiger partial charge in [-0.2, -0.15) is 0 Å². The zero-order valence-electron chi connectivity index (χ0n) is 11.9. The van der Waals surface area contributed by atoms with Crippen molar-refractivity contribution in [3.05, 3.63) is 35.2 Å². The molecule has 0 aliphatic carbocycles. The summed E-state index contributed by atoms with van der Waals surface area (Å²) in [7, 11) is 0. The summed E-state index contributed by atoms with van der Waals surface area (Å²) in [4.78, 5) is 15.8. The number of nitrogens with one attached hydrogen (secondary N) is 2. The average Bonchev–Trinajstić information content (AvgIpc) is 2.87. The van der Waals surface area contributed by atoms with Crippen molar-refractivity contribution in [2.45, 2.75) is 26.7 Å². The first kappa shape index (κ1) is 14.5. The smallest absolute Gasteiger partial charge is 0.321 e. The van der Waals surface area contributed by atoms with E-state index in [1.54, 1.807) is 0 Å². The first-order valence-corrected chi connectivity index (χ1v) is 7.58. The molecule has 0 fully saturated rings. The zero-order valence-corrected chi connectivity index (χ0v) is 12.8. The van der Waals surface area contributed by atoms with E-state index in [0.717, 1.165) is 11.3 Å². The van der Waals surface area contributed by atoms with Crippen molar-refractivity contribution in [2.24, 2.45) is 0 Å². The third kappa shape index (κ3) is 3.57. The van der Waals surface area contributed by atoms with E-state index in [1.165, 1.54) is 16.9 Å². The van der Waals surface area contributed by atoms with Crippen molar-refractivity contribution in [3.8, 4) is 11.3 Å². The molecule has 0 unspecified atom stereocenters. The van der Waals surface area contributed by atoms with Crippen molar-refractivity contribution in [2.75, 3.05) is 11.9 Å². The summed E-state index contributed by atoms with van der Waals surface area (Å²) in [6.07, 6.45) is 0. The molecule has 0 saturated heterocycles. The zero-order chi connectivity index (χ0) is 14.5. The van der Waals surface area contributed by atoms with E-state index in [2.05, 4.69) is 53.7 Å². The highest BCUT2D eigenvalue weighted by atomic mass is 32.1. The monoisotopic (exact) mass is 289 g/mol. The van der Waals surface area contributed by atoms with Crippen molar-refractivity contribution in [1.82, 2.24) is 10.3 Å². The molecule has 1 aromatic carbocycles. The van der Waals surface area contributed by atoms with Crippen molar-refractivity contribution < 1.29 is 4.79 Å². The quantitative estimate of drug-likeness (QED) is 0.891. The number of hydrogen-bond donors (Lipinski definition) is 2. The minimum atomic E-state index is -0.219. The molecular weight excluding hydrogens is 270 g/mol. The predicted molar refractivity (Wildman–Crippen MR) is 84.3 cm³/mol. The second kappa shape index (κ2) is 6.52. The van der Waals surface area contributed by atoms with Gasteiger partial charge in [-0.1, -0.05) is 38.1 Å². The number of aromatic nitrogens is 1. The normalized spacial score (nSPS) is 10.6. The fourth-order valence-corrected chi connectivity index (χ4v) is 2.52. The molecule has 0 spiro atoms. The molecule has 1 heterocycles. The molecule has 1 aromatic heterocycles. The first-order chi connectivity index (χ1) is 9.60. The number of carbonyl (C=O) groups is 1. The van der Waals surface area contributed by atoms with Crippen molar-refractivity contribution in [3.63, 3.8) is 0 Å². The second-order valence-corrected chi connectivity index (χ2v) is 5.66. The van der Waals surface area contributed by atoms with Gasteiger partial charge in [0.25, 0.3) is 0 Å². The second-order valence-electron chi connectivity index (χ2n) is 4.80. The Morgan fingerprint density at radius 1 is 1.30 bits per heavy atom. The molecule has 2 rings (SSSR count). The van der Waals surface area contributed by atoms with Gasteiger partial charge in [0.2, 0.25) is 0 Å². The average molecular weight is 289 g/mol. The van der Waals surface area contributed by atoms with E-state index in [9.17, 15) is 4.79 Å². The van der Waals surface area contributed by atoms with Crippen LogP contribution >= 0.6 is 11.3 Å². The molecule has 0 radical (unpaired) electrons. The Hall–Kier alpha value is -1.88. The molecule has 2 N–H and O–H groups in total. The lowest BCUT2D eigenvalue weighted by atomic mass is 10.0. The molecule has 2 amide bonds. The minimum Gasteiger partial charge on any atom is -0.338 e. The van der Waals surface area contributed by atoms with E-state index in [4.69, 9.17) is 0 Å². The molecule has 0 aliphatic rings. The SMILES string of the molecule is CCNC(=O)Nc1nc(-c2ccc(C(C)C)cc2)cs1. The Kier molecular flexibility index (Phi) is 4.74. The van der Waals surface area contributed by atoms with Gasteiger partial charge in [0.05, 0.1) is 5.69 Å². The van der Waals surface area contributed by atoms with Crippen LogP contribution in [-0.2, 0) is 0 Å². The van der Waals surface area contributed by atoms with E-state index in [1.807, 2.05) is 12.3 Å². The molecule has 5 heteroatoms. The van der Waals surface area contributed by atoms with Crippen LogP contribution in [0.2, 0.25) is 0 Å². The van der Waals surface area contributed by atoms with Gasteiger partial charge in [0.15, 0.2) is 5.13 Å². The molecular formula is C15H19N3OS. The predicted octanol–water partition coefficient (Wildman–Crippen LogP) is 4.07. The number of anilines is 1. The molecule has 0 atom stereocenters. The van der Waals surface area contributed by atoms with Crippen LogP contribution in [0.4, 0.5) is 9.93 Å². The Bertz CT molecular complexity index is 575. The Morgan fingerprint density at radius 3 is 2.60 bits per heavy atom. The number of rotatable bonds is 4. The lowest BCUT2D eigenvalue weighted by Gasteiger charge is -2.05. The lowest BCUT2D eigenvalue weighted by Crippen LogP contribution is -2.28. The van der Waals surface area contributed by atoms with Crippen LogP contribution in [0.15, 0.2) is 29.6 Å². The van der Waals surface area contributed by atoms with Gasteiger partial charge < -0.3 is 5.32 Å². The fraction of sp³-hybridized carbons (Fsp3) is 0.333. The van der Waals surface area contributed by atoms with Gasteiger partial charge in [-0.25, -0.2) is 9.78 Å². The summed E-state index contributed by atoms with van der Waals surface area (Å²) in [5.41, 5.74) is 3.26. The summed E-state index contributed by atoms with van der Waals surface area (Å²) in [5.74, 6) is 0.523. The summed E-state index contributed by atoms with van der Waals surface area (Å²) in [6, 6.07) is 8.16. The van der Waals surface area contributed by atoms with Gasteiger partial charge in [-0.3, -0.25) is 5.32 Å². The van der Waals surface area contributed by atoms with Crippen LogP contribution < -0.4 is 10.6 Å². The molecule has 106 valence electrons. The highest BCUT2D eigenvalue weighted by Gasteiger charge is 2.07. The lowest BCUT2D eigenvalue weighted by molar-refractivity contribution is 0.252. The number of amides is 2. The highest BCUT2D eigenvalue weighted by molar-refractivity contribution is 7.14. The molecule has 0 saturated carbocycles. The van der Waals surface area contributed by atoms with E-state index in [-0.39, 0.29) is 6.03 Å². The maximum absolute atomic E-state index is 11.4. The Morgan fingerprint density at radius 2 is 2.00 bits per heavy atom. The third-order valence-corrected chi connectivity index (χ3v) is 3.69. The van der Waals surface area contributed by atoms with Crippen molar-refractivity contribution >= 4 is 22.5 Å². The maximum atomic E-state index is 11.4. The third-order valence-electron chi connectivity index (χ3n) is 2.94. The summed E-state index contributed by atoms with van der Waals surface area (Å²) in [6.45, 7) is 6.82. The van der Waals surface area contributed by atoms with E-state index in [0.29, 0.717) is 17.6 Å². The Labute approximate surface area is 123 Å². The van der Waals surface area contributed by atoms with Gasteiger partial charge >= 0.3 is 6.03 Å². The van der Waals surface area contributed by atoms with Crippen LogP contribution in [0, 0.1) is 0 Å². The number of hydrogen-bond acceptors (Lipinski definition) is 3. The summed E-state index contributed by atoms with van der Waals surface area (Å²) in [5, 5.41) is 7.96. The minimum absolute atomic E-state index is 0.219. The molecule has 0 bridgehead atoms. The molecule has 0 aliphatic heterocycles. The first-order valence-electron chi connectivity index (χ1n) is 6.71. The van der Waals surface area contributed by atoms with Crippen LogP contribution in [0.5, 0.6) is 0 Å². The molecule has 20 heavy (non-hydrogen) atoms. The number of urea groups is 1.